The number of nitrogens with one attached hydrogen (secondary N) is 1. The van der Waals surface area contributed by atoms with Crippen molar-refractivity contribution in [1.82, 2.24) is 9.97 Å². The van der Waals surface area contributed by atoms with Gasteiger partial charge in [-0.3, -0.25) is 0 Å². The number of aliphatic hydroxyl groups excluding tert-OH is 1. The number of nitrogens with zero attached hydrogens (tertiary/aromatic N) is 2. The van der Waals surface area contributed by atoms with Crippen LogP contribution in [0.1, 0.15) is 19.8 Å². The van der Waals surface area contributed by atoms with E-state index in [1.807, 2.05) is 6.92 Å². The van der Waals surface area contributed by atoms with Crippen LogP contribution in [0.15, 0.2) is 12.4 Å². The van der Waals surface area contributed by atoms with E-state index >= 15 is 0 Å². The summed E-state index contributed by atoms with van der Waals surface area (Å²) in [7, 11) is 1.59. The Morgan fingerprint density at radius 2 is 2.12 bits per heavy atom. The maximum atomic E-state index is 8.85. The van der Waals surface area contributed by atoms with Gasteiger partial charge in [-0.25, -0.2) is 9.97 Å². The zero-order chi connectivity index (χ0) is 11.8. The van der Waals surface area contributed by atoms with Gasteiger partial charge in [-0.15, -0.1) is 0 Å². The zero-order valence-corrected chi connectivity index (χ0v) is 9.81. The highest BCUT2D eigenvalue weighted by Gasteiger charge is 2.00. The Balaban J connectivity index is 2.21. The van der Waals surface area contributed by atoms with E-state index in [2.05, 4.69) is 15.3 Å². The first-order valence-electron chi connectivity index (χ1n) is 5.47. The molecule has 1 atom stereocenters. The zero-order valence-electron chi connectivity index (χ0n) is 9.81. The number of rotatable bonds is 7. The topological polar surface area (TPSA) is 67.3 Å². The standard InChI is InChI=1S/C11H19N3O2/c1-9(8-15)4-3-5-12-11-13-6-10(16-2)7-14-11/h6-7,9,15H,3-5,8H2,1-2H3,(H,12,13,14). The smallest absolute Gasteiger partial charge is 0.222 e. The third-order valence-electron chi connectivity index (χ3n) is 2.33. The lowest BCUT2D eigenvalue weighted by Gasteiger charge is -2.08. The molecule has 0 aromatic carbocycles. The molecule has 16 heavy (non-hydrogen) atoms. The molecule has 0 bridgehead atoms. The maximum absolute atomic E-state index is 8.85. The Morgan fingerprint density at radius 3 is 2.69 bits per heavy atom. The van der Waals surface area contributed by atoms with Crippen LogP contribution in [0, 0.1) is 5.92 Å². The molecule has 1 rings (SSSR count). The van der Waals surface area contributed by atoms with E-state index in [4.69, 9.17) is 9.84 Å². The van der Waals surface area contributed by atoms with E-state index in [1.54, 1.807) is 19.5 Å². The molecule has 90 valence electrons. The summed E-state index contributed by atoms with van der Waals surface area (Å²) in [6.45, 7) is 3.10. The molecule has 0 fully saturated rings. The number of hydrogen-bond acceptors (Lipinski definition) is 5. The quantitative estimate of drug-likeness (QED) is 0.685. The van der Waals surface area contributed by atoms with Gasteiger partial charge in [-0.2, -0.15) is 0 Å². The summed E-state index contributed by atoms with van der Waals surface area (Å²) in [6.07, 6.45) is 5.26. The van der Waals surface area contributed by atoms with Gasteiger partial charge >= 0.3 is 0 Å². The lowest BCUT2D eigenvalue weighted by Crippen LogP contribution is -2.08. The Morgan fingerprint density at radius 1 is 1.44 bits per heavy atom. The predicted octanol–water partition coefficient (Wildman–Crippen LogP) is 1.31. The molecular weight excluding hydrogens is 206 g/mol. The molecule has 0 spiro atoms. The number of ether oxygens (including phenoxy) is 1. The second-order valence-electron chi connectivity index (χ2n) is 3.80. The van der Waals surface area contributed by atoms with Crippen molar-refractivity contribution >= 4 is 5.95 Å². The van der Waals surface area contributed by atoms with Crippen molar-refractivity contribution in [3.05, 3.63) is 12.4 Å². The Kier molecular flexibility index (Phi) is 5.56. The van der Waals surface area contributed by atoms with E-state index in [0.29, 0.717) is 17.6 Å². The monoisotopic (exact) mass is 225 g/mol. The average Bonchev–Trinajstić information content (AvgIpc) is 2.35. The van der Waals surface area contributed by atoms with Crippen molar-refractivity contribution < 1.29 is 9.84 Å². The first-order chi connectivity index (χ1) is 7.76. The van der Waals surface area contributed by atoms with E-state index < -0.39 is 0 Å². The molecule has 0 aliphatic heterocycles. The van der Waals surface area contributed by atoms with Gasteiger partial charge in [0.15, 0.2) is 5.75 Å². The van der Waals surface area contributed by atoms with Gasteiger partial charge in [0, 0.05) is 13.2 Å². The number of aliphatic hydroxyl groups is 1. The molecular formula is C11H19N3O2. The second kappa shape index (κ2) is 7.00. The van der Waals surface area contributed by atoms with E-state index in [9.17, 15) is 0 Å². The molecule has 1 heterocycles. The van der Waals surface area contributed by atoms with E-state index in [0.717, 1.165) is 19.4 Å². The average molecular weight is 225 g/mol. The SMILES string of the molecule is COc1cnc(NCCCC(C)CO)nc1. The highest BCUT2D eigenvalue weighted by molar-refractivity contribution is 5.26. The van der Waals surface area contributed by atoms with Crippen LogP contribution in [-0.4, -0.2) is 35.3 Å². The van der Waals surface area contributed by atoms with Crippen LogP contribution in [0.2, 0.25) is 0 Å². The molecule has 0 aliphatic carbocycles. The maximum Gasteiger partial charge on any atom is 0.222 e. The Hall–Kier alpha value is -1.36. The fourth-order valence-electron chi connectivity index (χ4n) is 1.25. The summed E-state index contributed by atoms with van der Waals surface area (Å²) in [5, 5.41) is 12.0. The van der Waals surface area contributed by atoms with Crippen LogP contribution in [0.5, 0.6) is 5.75 Å². The van der Waals surface area contributed by atoms with Gasteiger partial charge in [0.05, 0.1) is 19.5 Å². The summed E-state index contributed by atoms with van der Waals surface area (Å²) in [4.78, 5) is 8.18. The van der Waals surface area contributed by atoms with Gasteiger partial charge in [0.25, 0.3) is 0 Å². The number of hydrogen-bond donors (Lipinski definition) is 2. The van der Waals surface area contributed by atoms with Crippen LogP contribution >= 0.6 is 0 Å². The van der Waals surface area contributed by atoms with E-state index in [1.165, 1.54) is 0 Å². The first kappa shape index (κ1) is 12.7. The number of aromatic nitrogens is 2. The fourth-order valence-corrected chi connectivity index (χ4v) is 1.25. The van der Waals surface area contributed by atoms with Gasteiger partial charge in [0.2, 0.25) is 5.95 Å². The first-order valence-corrected chi connectivity index (χ1v) is 5.47. The lowest BCUT2D eigenvalue weighted by atomic mass is 10.1. The van der Waals surface area contributed by atoms with Crippen LogP contribution in [0.4, 0.5) is 5.95 Å². The number of methoxy groups -OCH3 is 1. The summed E-state index contributed by atoms with van der Waals surface area (Å²) in [5.41, 5.74) is 0. The molecule has 0 radical (unpaired) electrons. The molecule has 1 aromatic rings. The van der Waals surface area contributed by atoms with Crippen LogP contribution in [0.25, 0.3) is 0 Å². The van der Waals surface area contributed by atoms with Crippen molar-refractivity contribution in [2.75, 3.05) is 25.6 Å². The molecule has 0 amide bonds. The van der Waals surface area contributed by atoms with Crippen molar-refractivity contribution in [2.24, 2.45) is 5.92 Å². The van der Waals surface area contributed by atoms with Gasteiger partial charge in [-0.1, -0.05) is 6.92 Å². The molecule has 5 nitrogen and oxygen atoms in total. The molecule has 1 aromatic heterocycles. The van der Waals surface area contributed by atoms with Gasteiger partial charge in [0.1, 0.15) is 0 Å². The molecule has 5 heteroatoms. The highest BCUT2D eigenvalue weighted by atomic mass is 16.5. The predicted molar refractivity (Wildman–Crippen MR) is 62.6 cm³/mol. The highest BCUT2D eigenvalue weighted by Crippen LogP contribution is 2.08. The second-order valence-corrected chi connectivity index (χ2v) is 3.80. The largest absolute Gasteiger partial charge is 0.494 e. The van der Waals surface area contributed by atoms with Crippen LogP contribution < -0.4 is 10.1 Å². The number of anilines is 1. The molecule has 2 N–H and O–H groups in total. The molecule has 0 aliphatic rings. The van der Waals surface area contributed by atoms with Gasteiger partial charge < -0.3 is 15.2 Å². The molecule has 1 unspecified atom stereocenters. The van der Waals surface area contributed by atoms with Crippen molar-refractivity contribution in [2.45, 2.75) is 19.8 Å². The van der Waals surface area contributed by atoms with Crippen molar-refractivity contribution in [1.29, 1.82) is 0 Å². The summed E-state index contributed by atoms with van der Waals surface area (Å²) in [6, 6.07) is 0. The molecule has 0 saturated heterocycles. The summed E-state index contributed by atoms with van der Waals surface area (Å²) in [5.74, 6) is 1.62. The Labute approximate surface area is 95.9 Å². The minimum atomic E-state index is 0.249. The fraction of sp³-hybridized carbons (Fsp3) is 0.636. The summed E-state index contributed by atoms with van der Waals surface area (Å²) < 4.78 is 4.96. The summed E-state index contributed by atoms with van der Waals surface area (Å²) >= 11 is 0. The Bertz CT molecular complexity index is 290. The minimum absolute atomic E-state index is 0.249. The van der Waals surface area contributed by atoms with Crippen molar-refractivity contribution in [3.63, 3.8) is 0 Å². The van der Waals surface area contributed by atoms with Crippen LogP contribution in [0.3, 0.4) is 0 Å². The lowest BCUT2D eigenvalue weighted by molar-refractivity contribution is 0.229. The third kappa shape index (κ3) is 4.44. The minimum Gasteiger partial charge on any atom is -0.494 e. The normalized spacial score (nSPS) is 12.2. The third-order valence-corrected chi connectivity index (χ3v) is 2.33. The van der Waals surface area contributed by atoms with Gasteiger partial charge in [-0.05, 0) is 18.8 Å². The van der Waals surface area contributed by atoms with Crippen LogP contribution in [-0.2, 0) is 0 Å². The van der Waals surface area contributed by atoms with Crippen molar-refractivity contribution in [3.8, 4) is 5.75 Å². The molecule has 0 saturated carbocycles. The van der Waals surface area contributed by atoms with E-state index in [-0.39, 0.29) is 6.61 Å².